The van der Waals surface area contributed by atoms with Crippen LogP contribution in [0.1, 0.15) is 11.1 Å². The number of nitrogens with two attached hydrogens (primary N) is 1. The van der Waals surface area contributed by atoms with Crippen LogP contribution in [0.3, 0.4) is 0 Å². The molecule has 0 radical (unpaired) electrons. The van der Waals surface area contributed by atoms with Gasteiger partial charge in [0.1, 0.15) is 11.6 Å². The van der Waals surface area contributed by atoms with Gasteiger partial charge in [-0.05, 0) is 43.2 Å². The van der Waals surface area contributed by atoms with Crippen LogP contribution in [0.25, 0.3) is 0 Å². The second-order valence-corrected chi connectivity index (χ2v) is 4.20. The molecule has 0 saturated carbocycles. The van der Waals surface area contributed by atoms with E-state index in [1.54, 1.807) is 12.1 Å². The lowest BCUT2D eigenvalue weighted by Gasteiger charge is -2.10. The van der Waals surface area contributed by atoms with E-state index >= 15 is 0 Å². The summed E-state index contributed by atoms with van der Waals surface area (Å²) in [5.41, 5.74) is 7.36. The van der Waals surface area contributed by atoms with Gasteiger partial charge in [0.15, 0.2) is 0 Å². The molecule has 0 aliphatic rings. The molecule has 17 heavy (non-hydrogen) atoms. The number of hydrogen-bond acceptors (Lipinski definition) is 4. The fraction of sp³-hybridized carbons (Fsp3) is 0.167. The summed E-state index contributed by atoms with van der Waals surface area (Å²) >= 11 is 5.95. The lowest BCUT2D eigenvalue weighted by atomic mass is 10.1. The highest BCUT2D eigenvalue weighted by Gasteiger charge is 2.08. The number of nitrogen functional groups attached to an aromatic ring is 1. The van der Waals surface area contributed by atoms with Crippen molar-refractivity contribution in [1.29, 1.82) is 0 Å². The molecule has 0 bridgehead atoms. The van der Waals surface area contributed by atoms with Gasteiger partial charge in [0.2, 0.25) is 5.88 Å². The second kappa shape index (κ2) is 4.59. The third kappa shape index (κ3) is 2.65. The van der Waals surface area contributed by atoms with Crippen molar-refractivity contribution in [2.45, 2.75) is 13.8 Å². The van der Waals surface area contributed by atoms with Gasteiger partial charge < -0.3 is 10.5 Å². The Kier molecular flexibility index (Phi) is 3.15. The molecule has 1 aromatic heterocycles. The Morgan fingerprint density at radius 2 is 1.76 bits per heavy atom. The number of hydrogen-bond donors (Lipinski definition) is 1. The smallest absolute Gasteiger partial charge is 0.239 e. The predicted molar refractivity (Wildman–Crippen MR) is 67.4 cm³/mol. The summed E-state index contributed by atoms with van der Waals surface area (Å²) in [7, 11) is 0. The number of aromatic nitrogens is 2. The van der Waals surface area contributed by atoms with Crippen molar-refractivity contribution < 1.29 is 4.74 Å². The largest absolute Gasteiger partial charge is 0.437 e. The molecule has 0 saturated heterocycles. The standard InChI is InChI=1S/C12H12ClN3O/c1-7-5-9(13)6-8(2)12(7)17-11-4-3-10(14)15-16-11/h3-6H,1-2H3,(H2,14,15). The zero-order chi connectivity index (χ0) is 12.4. The van der Waals surface area contributed by atoms with E-state index < -0.39 is 0 Å². The zero-order valence-corrected chi connectivity index (χ0v) is 10.3. The van der Waals surface area contributed by atoms with Crippen LogP contribution in [0, 0.1) is 13.8 Å². The van der Waals surface area contributed by atoms with Gasteiger partial charge in [0.25, 0.3) is 0 Å². The summed E-state index contributed by atoms with van der Waals surface area (Å²) in [6.07, 6.45) is 0. The SMILES string of the molecule is Cc1cc(Cl)cc(C)c1Oc1ccc(N)nn1. The molecular formula is C12H12ClN3O. The van der Waals surface area contributed by atoms with Gasteiger partial charge in [-0.15, -0.1) is 10.2 Å². The fourth-order valence-corrected chi connectivity index (χ4v) is 1.88. The first-order valence-electron chi connectivity index (χ1n) is 5.10. The van der Waals surface area contributed by atoms with Crippen molar-refractivity contribution in [2.75, 3.05) is 5.73 Å². The molecule has 1 aromatic carbocycles. The summed E-state index contributed by atoms with van der Waals surface area (Å²) < 4.78 is 5.66. The molecule has 0 fully saturated rings. The molecule has 2 rings (SSSR count). The van der Waals surface area contributed by atoms with Crippen LogP contribution >= 0.6 is 11.6 Å². The van der Waals surface area contributed by atoms with Gasteiger partial charge in [-0.25, -0.2) is 0 Å². The Morgan fingerprint density at radius 1 is 1.12 bits per heavy atom. The Balaban J connectivity index is 2.33. The minimum atomic E-state index is 0.363. The van der Waals surface area contributed by atoms with E-state index in [1.807, 2.05) is 26.0 Å². The minimum absolute atomic E-state index is 0.363. The van der Waals surface area contributed by atoms with E-state index in [0.29, 0.717) is 16.7 Å². The van der Waals surface area contributed by atoms with Gasteiger partial charge in [-0.3, -0.25) is 0 Å². The average molecular weight is 250 g/mol. The van der Waals surface area contributed by atoms with Crippen LogP contribution in [-0.2, 0) is 0 Å². The molecule has 0 unspecified atom stereocenters. The maximum absolute atomic E-state index is 5.95. The van der Waals surface area contributed by atoms with Crippen molar-refractivity contribution in [1.82, 2.24) is 10.2 Å². The van der Waals surface area contributed by atoms with E-state index in [-0.39, 0.29) is 0 Å². The molecule has 4 nitrogen and oxygen atoms in total. The molecular weight excluding hydrogens is 238 g/mol. The summed E-state index contributed by atoms with van der Waals surface area (Å²) in [4.78, 5) is 0. The minimum Gasteiger partial charge on any atom is -0.437 e. The maximum atomic E-state index is 5.95. The molecule has 0 amide bonds. The van der Waals surface area contributed by atoms with Gasteiger partial charge >= 0.3 is 0 Å². The quantitative estimate of drug-likeness (QED) is 0.888. The van der Waals surface area contributed by atoms with Crippen molar-refractivity contribution >= 4 is 17.4 Å². The third-order valence-corrected chi connectivity index (χ3v) is 2.51. The molecule has 2 N–H and O–H groups in total. The molecule has 5 heteroatoms. The highest BCUT2D eigenvalue weighted by Crippen LogP contribution is 2.30. The highest BCUT2D eigenvalue weighted by molar-refractivity contribution is 6.30. The summed E-state index contributed by atoms with van der Waals surface area (Å²) in [6.45, 7) is 3.86. The molecule has 0 aliphatic heterocycles. The van der Waals surface area contributed by atoms with E-state index in [2.05, 4.69) is 10.2 Å². The summed E-state index contributed by atoms with van der Waals surface area (Å²) in [5.74, 6) is 1.52. The van der Waals surface area contributed by atoms with Crippen LogP contribution in [-0.4, -0.2) is 10.2 Å². The van der Waals surface area contributed by atoms with Crippen LogP contribution in [0.2, 0.25) is 5.02 Å². The van der Waals surface area contributed by atoms with Gasteiger partial charge in [-0.1, -0.05) is 11.6 Å². The zero-order valence-electron chi connectivity index (χ0n) is 9.57. The molecule has 88 valence electrons. The van der Waals surface area contributed by atoms with Crippen molar-refractivity contribution in [3.63, 3.8) is 0 Å². The number of ether oxygens (including phenoxy) is 1. The van der Waals surface area contributed by atoms with Gasteiger partial charge in [0.05, 0.1) is 0 Å². The summed E-state index contributed by atoms with van der Waals surface area (Å²) in [6, 6.07) is 7.00. The highest BCUT2D eigenvalue weighted by atomic mass is 35.5. The number of aryl methyl sites for hydroxylation is 2. The lowest BCUT2D eigenvalue weighted by molar-refractivity contribution is 0.449. The molecule has 0 atom stereocenters. The van der Waals surface area contributed by atoms with E-state index in [4.69, 9.17) is 22.1 Å². The van der Waals surface area contributed by atoms with Crippen LogP contribution in [0.4, 0.5) is 5.82 Å². The molecule has 0 aliphatic carbocycles. The Hall–Kier alpha value is -1.81. The first-order valence-corrected chi connectivity index (χ1v) is 5.48. The van der Waals surface area contributed by atoms with Crippen molar-refractivity contribution in [2.24, 2.45) is 0 Å². The van der Waals surface area contributed by atoms with E-state index in [1.165, 1.54) is 0 Å². The summed E-state index contributed by atoms with van der Waals surface area (Å²) in [5, 5.41) is 8.27. The normalized spacial score (nSPS) is 10.3. The maximum Gasteiger partial charge on any atom is 0.239 e. The van der Waals surface area contributed by atoms with Crippen LogP contribution in [0.5, 0.6) is 11.6 Å². The first-order chi connectivity index (χ1) is 8.06. The molecule has 2 aromatic rings. The molecule has 0 spiro atoms. The van der Waals surface area contributed by atoms with Gasteiger partial charge in [-0.2, -0.15) is 0 Å². The Morgan fingerprint density at radius 3 is 2.29 bits per heavy atom. The topological polar surface area (TPSA) is 61.0 Å². The number of halogens is 1. The second-order valence-electron chi connectivity index (χ2n) is 3.77. The van der Waals surface area contributed by atoms with Gasteiger partial charge in [0, 0.05) is 11.1 Å². The van der Waals surface area contributed by atoms with Crippen molar-refractivity contribution in [3.05, 3.63) is 40.4 Å². The predicted octanol–water partition coefficient (Wildman–Crippen LogP) is 3.12. The number of rotatable bonds is 2. The van der Waals surface area contributed by atoms with Crippen molar-refractivity contribution in [3.8, 4) is 11.6 Å². The monoisotopic (exact) mass is 249 g/mol. The lowest BCUT2D eigenvalue weighted by Crippen LogP contribution is -1.97. The van der Waals surface area contributed by atoms with E-state index in [0.717, 1.165) is 16.9 Å². The fourth-order valence-electron chi connectivity index (χ4n) is 1.55. The average Bonchev–Trinajstić information content (AvgIpc) is 2.26. The van der Waals surface area contributed by atoms with E-state index in [9.17, 15) is 0 Å². The van der Waals surface area contributed by atoms with Crippen LogP contribution in [0.15, 0.2) is 24.3 Å². The Labute approximate surface area is 104 Å². The Bertz CT molecular complexity index is 517. The third-order valence-electron chi connectivity index (χ3n) is 2.29. The molecule has 1 heterocycles. The first kappa shape index (κ1) is 11.7. The van der Waals surface area contributed by atoms with Crippen LogP contribution < -0.4 is 10.5 Å². The number of anilines is 1. The number of benzene rings is 1. The number of nitrogens with zero attached hydrogens (tertiary/aromatic N) is 2.